The molecule has 4 aliphatic rings. The van der Waals surface area contributed by atoms with Crippen LogP contribution in [0.15, 0.2) is 18.2 Å². The SMILES string of the molecule is CC[C@@H]1CCN(C(=O)C(CCC2(C)CCCCC2)NC(=O)OC2CC3CC3[C@H]2CCCCC(F)(F)c2nc3ccc(OC)cc3nc2O)[C@@H]1C(=O)C(C)C. The molecule has 298 valence electrons. The van der Waals surface area contributed by atoms with Crippen molar-refractivity contribution >= 4 is 28.8 Å². The smallest absolute Gasteiger partial charge is 0.408 e. The Kier molecular flexibility index (Phi) is 12.4. The predicted molar refractivity (Wildman–Crippen MR) is 201 cm³/mol. The number of amides is 2. The van der Waals surface area contributed by atoms with Gasteiger partial charge in [0.1, 0.15) is 17.9 Å². The van der Waals surface area contributed by atoms with E-state index in [0.29, 0.717) is 43.4 Å². The van der Waals surface area contributed by atoms with Gasteiger partial charge in [-0.1, -0.05) is 59.8 Å². The molecule has 1 aromatic carbocycles. The van der Waals surface area contributed by atoms with Crippen LogP contribution in [0.25, 0.3) is 11.0 Å². The first-order valence-corrected chi connectivity index (χ1v) is 20.5. The number of carbonyl (C=O) groups is 3. The van der Waals surface area contributed by atoms with Crippen LogP contribution in [0.4, 0.5) is 13.6 Å². The number of hydrogen-bond donors (Lipinski definition) is 2. The molecule has 1 aliphatic heterocycles. The van der Waals surface area contributed by atoms with Crippen molar-refractivity contribution in [1.29, 1.82) is 0 Å². The first-order valence-electron chi connectivity index (χ1n) is 20.5. The number of nitrogens with zero attached hydrogens (tertiary/aromatic N) is 3. The summed E-state index contributed by atoms with van der Waals surface area (Å²) in [6.45, 7) is 8.60. The quantitative estimate of drug-likeness (QED) is 0.163. The maximum Gasteiger partial charge on any atom is 0.408 e. The molecule has 2 aromatic rings. The van der Waals surface area contributed by atoms with Crippen LogP contribution in [0, 0.1) is 35.0 Å². The number of likely N-dealkylation sites (tertiary alicyclic amines) is 1. The van der Waals surface area contributed by atoms with Crippen molar-refractivity contribution in [3.63, 3.8) is 0 Å². The number of rotatable bonds is 16. The second-order valence-electron chi connectivity index (χ2n) is 17.3. The minimum atomic E-state index is -3.37. The highest BCUT2D eigenvalue weighted by Crippen LogP contribution is 2.58. The second kappa shape index (κ2) is 16.7. The Morgan fingerprint density at radius 1 is 1.09 bits per heavy atom. The zero-order valence-corrected chi connectivity index (χ0v) is 32.8. The zero-order chi connectivity index (χ0) is 38.8. The number of aromatic nitrogens is 2. The second-order valence-corrected chi connectivity index (χ2v) is 17.3. The monoisotopic (exact) mass is 754 g/mol. The summed E-state index contributed by atoms with van der Waals surface area (Å²) in [6, 6.07) is 3.41. The summed E-state index contributed by atoms with van der Waals surface area (Å²) in [5.41, 5.74) is -0.118. The lowest BCUT2D eigenvalue weighted by Gasteiger charge is -2.36. The largest absolute Gasteiger partial charge is 0.497 e. The van der Waals surface area contributed by atoms with E-state index in [4.69, 9.17) is 9.47 Å². The van der Waals surface area contributed by atoms with Crippen molar-refractivity contribution in [2.45, 2.75) is 148 Å². The van der Waals surface area contributed by atoms with Crippen LogP contribution in [0.2, 0.25) is 0 Å². The Bertz CT molecular complexity index is 1660. The predicted octanol–water partition coefficient (Wildman–Crippen LogP) is 8.72. The number of halogens is 2. The van der Waals surface area contributed by atoms with Crippen LogP contribution < -0.4 is 10.1 Å². The van der Waals surface area contributed by atoms with E-state index in [2.05, 4.69) is 29.1 Å². The lowest BCUT2D eigenvalue weighted by atomic mass is 9.72. The lowest BCUT2D eigenvalue weighted by molar-refractivity contribution is -0.141. The molecule has 7 atom stereocenters. The molecule has 1 saturated heterocycles. The van der Waals surface area contributed by atoms with Crippen LogP contribution in [0.3, 0.4) is 0 Å². The van der Waals surface area contributed by atoms with E-state index in [-0.39, 0.29) is 58.4 Å². The fraction of sp³-hybridized carbons (Fsp3) is 0.738. The molecule has 3 aliphatic carbocycles. The van der Waals surface area contributed by atoms with E-state index in [1.165, 1.54) is 38.5 Å². The Morgan fingerprint density at radius 2 is 1.85 bits per heavy atom. The molecule has 0 spiro atoms. The molecule has 2 N–H and O–H groups in total. The number of fused-ring (bicyclic) bond motifs is 2. The van der Waals surface area contributed by atoms with E-state index in [1.807, 2.05) is 13.8 Å². The van der Waals surface area contributed by atoms with Gasteiger partial charge in [-0.25, -0.2) is 14.8 Å². The van der Waals surface area contributed by atoms with Crippen molar-refractivity contribution in [3.05, 3.63) is 23.9 Å². The van der Waals surface area contributed by atoms with E-state index in [9.17, 15) is 19.5 Å². The number of Topliss-reactive ketones (excluding diaryl/α,β-unsaturated/α-hetero) is 1. The maximum atomic E-state index is 15.4. The summed E-state index contributed by atoms with van der Waals surface area (Å²) in [7, 11) is 1.48. The number of alkyl carbamates (subject to hydrolysis) is 1. The number of nitrogens with one attached hydrogen (secondary N) is 1. The first-order chi connectivity index (χ1) is 25.7. The highest BCUT2D eigenvalue weighted by atomic mass is 19.3. The average Bonchev–Trinajstić information content (AvgIpc) is 3.63. The highest BCUT2D eigenvalue weighted by molar-refractivity contribution is 5.93. The van der Waals surface area contributed by atoms with E-state index >= 15 is 8.78 Å². The van der Waals surface area contributed by atoms with Gasteiger partial charge in [-0.05, 0) is 99.0 Å². The van der Waals surface area contributed by atoms with Gasteiger partial charge in [0, 0.05) is 24.9 Å². The fourth-order valence-corrected chi connectivity index (χ4v) is 9.77. The maximum absolute atomic E-state index is 15.4. The van der Waals surface area contributed by atoms with Gasteiger partial charge in [0.2, 0.25) is 11.8 Å². The number of carbonyl (C=O) groups excluding carboxylic acids is 3. The van der Waals surface area contributed by atoms with Crippen molar-refractivity contribution in [2.75, 3.05) is 13.7 Å². The van der Waals surface area contributed by atoms with E-state index in [0.717, 1.165) is 44.9 Å². The van der Waals surface area contributed by atoms with Crippen molar-refractivity contribution < 1.29 is 37.7 Å². The van der Waals surface area contributed by atoms with Crippen molar-refractivity contribution in [3.8, 4) is 11.6 Å². The molecule has 1 aromatic heterocycles. The van der Waals surface area contributed by atoms with Gasteiger partial charge in [-0.3, -0.25) is 9.59 Å². The molecule has 0 bridgehead atoms. The normalized spacial score (nSPS) is 26.8. The summed E-state index contributed by atoms with van der Waals surface area (Å²) in [5, 5.41) is 13.3. The summed E-state index contributed by atoms with van der Waals surface area (Å²) in [4.78, 5) is 51.0. The van der Waals surface area contributed by atoms with Crippen molar-refractivity contribution in [2.24, 2.45) is 35.0 Å². The number of unbranched alkanes of at least 4 members (excludes halogenated alkanes) is 1. The topological polar surface area (TPSA) is 131 Å². The van der Waals surface area contributed by atoms with Gasteiger partial charge < -0.3 is 24.8 Å². The van der Waals surface area contributed by atoms with E-state index < -0.39 is 42.1 Å². The van der Waals surface area contributed by atoms with Crippen LogP contribution in [-0.4, -0.2) is 69.6 Å². The summed E-state index contributed by atoms with van der Waals surface area (Å²) >= 11 is 0. The standard InChI is InChI=1S/C42H60F2N4O6/c1-6-26-16-21-48(35(26)36(49)25(2)3)39(51)32(15-20-41(4)17-9-7-10-18-41)47-40(52)54-34-23-27-22-30(27)29(34)12-8-11-19-42(43,44)37-38(50)46-33-24-28(53-5)13-14-31(33)45-37/h13-14,24-27,29-30,32,34-35H,6-12,15-23H2,1-5H3,(H,46,50)(H,47,52)/t26-,27?,29-,30?,32?,34?,35+/m1/s1. The lowest BCUT2D eigenvalue weighted by Crippen LogP contribution is -2.54. The number of hydrogen-bond acceptors (Lipinski definition) is 8. The number of ketones is 1. The zero-order valence-electron chi connectivity index (χ0n) is 32.8. The molecule has 4 unspecified atom stereocenters. The third-order valence-electron chi connectivity index (χ3n) is 13.2. The van der Waals surface area contributed by atoms with Crippen LogP contribution in [-0.2, 0) is 20.2 Å². The van der Waals surface area contributed by atoms with Gasteiger partial charge in [-0.15, -0.1) is 0 Å². The third-order valence-corrected chi connectivity index (χ3v) is 13.2. The molecule has 2 heterocycles. The van der Waals surface area contributed by atoms with Gasteiger partial charge in [0.15, 0.2) is 11.5 Å². The van der Waals surface area contributed by atoms with E-state index in [1.54, 1.807) is 11.0 Å². The number of ether oxygens (including phenoxy) is 2. The molecule has 3 saturated carbocycles. The van der Waals surface area contributed by atoms with Gasteiger partial charge in [0.25, 0.3) is 5.92 Å². The van der Waals surface area contributed by atoms with Gasteiger partial charge in [-0.2, -0.15) is 8.78 Å². The average molecular weight is 755 g/mol. The first kappa shape index (κ1) is 40.1. The molecule has 2 amide bonds. The highest BCUT2D eigenvalue weighted by Gasteiger charge is 2.54. The molecule has 4 fully saturated rings. The molecule has 6 rings (SSSR count). The molecule has 10 nitrogen and oxygen atoms in total. The molecular weight excluding hydrogens is 694 g/mol. The van der Waals surface area contributed by atoms with Crippen LogP contribution in [0.5, 0.6) is 11.6 Å². The Morgan fingerprint density at radius 3 is 2.56 bits per heavy atom. The number of aromatic hydroxyl groups is 1. The fourth-order valence-electron chi connectivity index (χ4n) is 9.77. The Balaban J connectivity index is 1.07. The number of methoxy groups -OCH3 is 1. The Labute approximate surface area is 318 Å². The molecule has 12 heteroatoms. The molecule has 0 radical (unpaired) electrons. The Hall–Kier alpha value is -3.57. The summed E-state index contributed by atoms with van der Waals surface area (Å²) < 4.78 is 42.0. The summed E-state index contributed by atoms with van der Waals surface area (Å²) in [6.07, 6.45) is 10.3. The number of benzene rings is 1. The van der Waals surface area contributed by atoms with Gasteiger partial charge >= 0.3 is 6.09 Å². The van der Waals surface area contributed by atoms with Crippen LogP contribution >= 0.6 is 0 Å². The summed E-state index contributed by atoms with van der Waals surface area (Å²) in [5.74, 6) is -2.98. The third kappa shape index (κ3) is 8.93. The molecule has 54 heavy (non-hydrogen) atoms. The minimum Gasteiger partial charge on any atom is -0.497 e. The molecular formula is C42H60F2N4O6. The van der Waals surface area contributed by atoms with Crippen molar-refractivity contribution in [1.82, 2.24) is 20.2 Å². The van der Waals surface area contributed by atoms with Crippen LogP contribution in [0.1, 0.15) is 130 Å². The minimum absolute atomic E-state index is 0.0606. The van der Waals surface area contributed by atoms with Gasteiger partial charge in [0.05, 0.1) is 24.2 Å². The number of alkyl halides is 2.